The molecule has 0 saturated carbocycles. The number of piperidine rings is 1. The summed E-state index contributed by atoms with van der Waals surface area (Å²) in [4.78, 5) is 4.07. The fraction of sp³-hybridized carbons (Fsp3) is 0.692. The largest absolute Gasteiger partial charge is 0.329 e. The SMILES string of the molecule is CCC1CCCCN1C(CN)c1cccs1. The molecule has 2 unspecified atom stereocenters. The highest BCUT2D eigenvalue weighted by molar-refractivity contribution is 7.10. The number of hydrogen-bond acceptors (Lipinski definition) is 3. The van der Waals surface area contributed by atoms with Crippen LogP contribution >= 0.6 is 11.3 Å². The second-order valence-electron chi connectivity index (χ2n) is 4.56. The van der Waals surface area contributed by atoms with Crippen molar-refractivity contribution in [2.75, 3.05) is 13.1 Å². The first kappa shape index (κ1) is 12.1. The summed E-state index contributed by atoms with van der Waals surface area (Å²) in [5, 5.41) is 2.16. The molecule has 0 radical (unpaired) electrons. The van der Waals surface area contributed by atoms with Crippen LogP contribution < -0.4 is 5.73 Å². The topological polar surface area (TPSA) is 29.3 Å². The van der Waals surface area contributed by atoms with Crippen LogP contribution in [0, 0.1) is 0 Å². The number of thiophene rings is 1. The number of nitrogens with zero attached hydrogens (tertiary/aromatic N) is 1. The third-order valence-electron chi connectivity index (χ3n) is 3.64. The van der Waals surface area contributed by atoms with E-state index >= 15 is 0 Å². The van der Waals surface area contributed by atoms with Gasteiger partial charge in [0, 0.05) is 17.5 Å². The molecular weight excluding hydrogens is 216 g/mol. The average Bonchev–Trinajstić information content (AvgIpc) is 2.84. The van der Waals surface area contributed by atoms with Gasteiger partial charge in [0.15, 0.2) is 0 Å². The lowest BCUT2D eigenvalue weighted by Crippen LogP contribution is -2.43. The van der Waals surface area contributed by atoms with E-state index in [1.165, 1.54) is 37.1 Å². The molecule has 2 nitrogen and oxygen atoms in total. The second kappa shape index (κ2) is 5.80. The maximum Gasteiger partial charge on any atom is 0.0566 e. The summed E-state index contributed by atoms with van der Waals surface area (Å²) in [5.41, 5.74) is 5.98. The lowest BCUT2D eigenvalue weighted by molar-refractivity contribution is 0.0966. The molecule has 2 heterocycles. The van der Waals surface area contributed by atoms with E-state index in [9.17, 15) is 0 Å². The Hall–Kier alpha value is -0.380. The molecule has 2 rings (SSSR count). The summed E-state index contributed by atoms with van der Waals surface area (Å²) >= 11 is 1.84. The van der Waals surface area contributed by atoms with Gasteiger partial charge in [-0.3, -0.25) is 4.90 Å². The Morgan fingerprint density at radius 3 is 3.06 bits per heavy atom. The quantitative estimate of drug-likeness (QED) is 0.873. The van der Waals surface area contributed by atoms with Gasteiger partial charge < -0.3 is 5.73 Å². The Bertz CT molecular complexity index is 297. The van der Waals surface area contributed by atoms with Crippen molar-refractivity contribution in [2.45, 2.75) is 44.7 Å². The third kappa shape index (κ3) is 2.47. The summed E-state index contributed by atoms with van der Waals surface area (Å²) in [6, 6.07) is 5.55. The van der Waals surface area contributed by atoms with Gasteiger partial charge in [0.1, 0.15) is 0 Å². The van der Waals surface area contributed by atoms with Crippen molar-refractivity contribution in [1.82, 2.24) is 4.90 Å². The van der Waals surface area contributed by atoms with E-state index in [4.69, 9.17) is 5.73 Å². The van der Waals surface area contributed by atoms with E-state index < -0.39 is 0 Å². The molecule has 0 bridgehead atoms. The minimum absolute atomic E-state index is 0.449. The molecule has 2 N–H and O–H groups in total. The normalized spacial score (nSPS) is 24.5. The van der Waals surface area contributed by atoms with Crippen LogP contribution in [0.25, 0.3) is 0 Å². The Morgan fingerprint density at radius 2 is 2.44 bits per heavy atom. The zero-order chi connectivity index (χ0) is 11.4. The van der Waals surface area contributed by atoms with Crippen LogP contribution in [0.4, 0.5) is 0 Å². The van der Waals surface area contributed by atoms with Gasteiger partial charge in [-0.1, -0.05) is 19.4 Å². The van der Waals surface area contributed by atoms with Gasteiger partial charge >= 0.3 is 0 Å². The van der Waals surface area contributed by atoms with Crippen LogP contribution in [0.15, 0.2) is 17.5 Å². The highest BCUT2D eigenvalue weighted by Crippen LogP contribution is 2.31. The van der Waals surface area contributed by atoms with Crippen molar-refractivity contribution in [3.05, 3.63) is 22.4 Å². The number of likely N-dealkylation sites (tertiary alicyclic amines) is 1. The Morgan fingerprint density at radius 1 is 1.56 bits per heavy atom. The average molecular weight is 238 g/mol. The van der Waals surface area contributed by atoms with Crippen LogP contribution in [0.3, 0.4) is 0 Å². The molecule has 1 aliphatic rings. The summed E-state index contributed by atoms with van der Waals surface area (Å²) in [7, 11) is 0. The van der Waals surface area contributed by atoms with E-state index in [1.807, 2.05) is 11.3 Å². The molecule has 1 saturated heterocycles. The van der Waals surface area contributed by atoms with Crippen LogP contribution in [-0.2, 0) is 0 Å². The second-order valence-corrected chi connectivity index (χ2v) is 5.54. The summed E-state index contributed by atoms with van der Waals surface area (Å²) in [6.45, 7) is 4.26. The first-order valence-electron chi connectivity index (χ1n) is 6.36. The van der Waals surface area contributed by atoms with Crippen LogP contribution in [-0.4, -0.2) is 24.0 Å². The molecule has 16 heavy (non-hydrogen) atoms. The molecule has 0 spiro atoms. The van der Waals surface area contributed by atoms with Crippen molar-refractivity contribution in [1.29, 1.82) is 0 Å². The highest BCUT2D eigenvalue weighted by atomic mass is 32.1. The molecular formula is C13H22N2S. The Labute approximate surface area is 102 Å². The monoisotopic (exact) mass is 238 g/mol. The molecule has 3 heteroatoms. The molecule has 1 aromatic rings. The maximum absolute atomic E-state index is 5.98. The lowest BCUT2D eigenvalue weighted by Gasteiger charge is -2.40. The van der Waals surface area contributed by atoms with Gasteiger partial charge in [-0.15, -0.1) is 11.3 Å². The van der Waals surface area contributed by atoms with Crippen LogP contribution in [0.5, 0.6) is 0 Å². The fourth-order valence-electron chi connectivity index (χ4n) is 2.77. The van der Waals surface area contributed by atoms with Gasteiger partial charge in [0.25, 0.3) is 0 Å². The van der Waals surface area contributed by atoms with E-state index in [2.05, 4.69) is 29.3 Å². The van der Waals surface area contributed by atoms with Crippen LogP contribution in [0.1, 0.15) is 43.5 Å². The van der Waals surface area contributed by atoms with E-state index in [0.29, 0.717) is 6.04 Å². The van der Waals surface area contributed by atoms with Crippen molar-refractivity contribution < 1.29 is 0 Å². The van der Waals surface area contributed by atoms with Crippen LogP contribution in [0.2, 0.25) is 0 Å². The van der Waals surface area contributed by atoms with Gasteiger partial charge in [-0.05, 0) is 37.3 Å². The molecule has 0 aromatic carbocycles. The maximum atomic E-state index is 5.98. The van der Waals surface area contributed by atoms with E-state index in [-0.39, 0.29) is 0 Å². The van der Waals surface area contributed by atoms with Gasteiger partial charge in [-0.2, -0.15) is 0 Å². The summed E-state index contributed by atoms with van der Waals surface area (Å²) in [5.74, 6) is 0. The Kier molecular flexibility index (Phi) is 4.38. The zero-order valence-corrected chi connectivity index (χ0v) is 10.9. The minimum atomic E-state index is 0.449. The zero-order valence-electron chi connectivity index (χ0n) is 10.1. The number of hydrogen-bond donors (Lipinski definition) is 1. The molecule has 1 aliphatic heterocycles. The summed E-state index contributed by atoms with van der Waals surface area (Å²) in [6.07, 6.45) is 5.31. The van der Waals surface area contributed by atoms with Crippen molar-refractivity contribution >= 4 is 11.3 Å². The summed E-state index contributed by atoms with van der Waals surface area (Å²) < 4.78 is 0. The van der Waals surface area contributed by atoms with Crippen molar-refractivity contribution in [3.8, 4) is 0 Å². The first-order chi connectivity index (χ1) is 7.86. The standard InChI is InChI=1S/C13H22N2S/c1-2-11-6-3-4-8-15(11)12(10-14)13-7-5-9-16-13/h5,7,9,11-12H,2-4,6,8,10,14H2,1H3. The van der Waals surface area contributed by atoms with Crippen molar-refractivity contribution in [2.24, 2.45) is 5.73 Å². The number of rotatable bonds is 4. The molecule has 1 aromatic heterocycles. The Balaban J connectivity index is 2.13. The van der Waals surface area contributed by atoms with E-state index in [1.54, 1.807) is 0 Å². The molecule has 1 fully saturated rings. The first-order valence-corrected chi connectivity index (χ1v) is 7.24. The third-order valence-corrected chi connectivity index (χ3v) is 4.61. The molecule has 90 valence electrons. The van der Waals surface area contributed by atoms with Gasteiger partial charge in [0.05, 0.1) is 6.04 Å². The fourth-order valence-corrected chi connectivity index (χ4v) is 3.63. The van der Waals surface area contributed by atoms with Gasteiger partial charge in [0.2, 0.25) is 0 Å². The molecule has 0 aliphatic carbocycles. The molecule has 0 amide bonds. The van der Waals surface area contributed by atoms with Crippen molar-refractivity contribution in [3.63, 3.8) is 0 Å². The predicted molar refractivity (Wildman–Crippen MR) is 70.8 cm³/mol. The highest BCUT2D eigenvalue weighted by Gasteiger charge is 2.28. The minimum Gasteiger partial charge on any atom is -0.329 e. The smallest absolute Gasteiger partial charge is 0.0566 e. The lowest BCUT2D eigenvalue weighted by atomic mass is 9.97. The molecule has 2 atom stereocenters. The number of nitrogens with two attached hydrogens (primary N) is 1. The predicted octanol–water partition coefficient (Wildman–Crippen LogP) is 3.01. The van der Waals surface area contributed by atoms with E-state index in [0.717, 1.165) is 12.6 Å². The van der Waals surface area contributed by atoms with Gasteiger partial charge in [-0.25, -0.2) is 0 Å².